The van der Waals surface area contributed by atoms with Crippen LogP contribution in [0.15, 0.2) is 11.6 Å². The lowest BCUT2D eigenvalue weighted by Gasteiger charge is -2.48. The summed E-state index contributed by atoms with van der Waals surface area (Å²) in [5.74, 6) is -7.88. The van der Waals surface area contributed by atoms with Crippen molar-refractivity contribution in [2.24, 2.45) is 23.5 Å². The molecule has 0 bridgehead atoms. The Balaban J connectivity index is 1.92. The number of ketones is 3. The summed E-state index contributed by atoms with van der Waals surface area (Å²) in [7, 11) is 3.69. The van der Waals surface area contributed by atoms with E-state index in [0.717, 1.165) is 0 Å². The van der Waals surface area contributed by atoms with E-state index in [2.05, 4.69) is 0 Å². The molecule has 10 heteroatoms. The molecule has 0 heterocycles. The number of carbonyl (C=O) groups excluding carboxylic acids is 4. The molecule has 5 atom stereocenters. The van der Waals surface area contributed by atoms with E-state index in [-0.39, 0.29) is 48.4 Å². The van der Waals surface area contributed by atoms with Crippen molar-refractivity contribution in [2.75, 3.05) is 20.6 Å². The Morgan fingerprint density at radius 1 is 1.16 bits per heavy atom. The van der Waals surface area contributed by atoms with Crippen molar-refractivity contribution in [3.8, 4) is 5.75 Å². The molecule has 0 aromatic heterocycles. The molecule has 1 aromatic rings. The van der Waals surface area contributed by atoms with E-state index in [9.17, 15) is 39.6 Å². The number of carbonyl (C=O) groups is 4. The molecule has 2 saturated carbocycles. The molecule has 0 aliphatic heterocycles. The van der Waals surface area contributed by atoms with Gasteiger partial charge in [0.1, 0.15) is 17.4 Å². The van der Waals surface area contributed by atoms with Crippen LogP contribution in [-0.2, 0) is 26.2 Å². The van der Waals surface area contributed by atoms with E-state index in [4.69, 9.17) is 5.73 Å². The van der Waals surface area contributed by atoms with E-state index in [1.807, 2.05) is 39.8 Å². The van der Waals surface area contributed by atoms with Crippen molar-refractivity contribution < 1.29 is 39.6 Å². The number of nitrogens with two attached hydrogens (primary N) is 1. The van der Waals surface area contributed by atoms with Gasteiger partial charge >= 0.3 is 0 Å². The molecule has 38 heavy (non-hydrogen) atoms. The Morgan fingerprint density at radius 3 is 2.34 bits per heavy atom. The number of amides is 1. The summed E-state index contributed by atoms with van der Waals surface area (Å²) in [4.78, 5) is 54.0. The van der Waals surface area contributed by atoms with Gasteiger partial charge in [0.25, 0.3) is 0 Å². The summed E-state index contributed by atoms with van der Waals surface area (Å²) in [6.45, 7) is 6.01. The third-order valence-corrected chi connectivity index (χ3v) is 8.28. The van der Waals surface area contributed by atoms with Crippen LogP contribution in [-0.4, -0.2) is 80.9 Å². The topological polar surface area (TPSA) is 178 Å². The molecule has 3 aliphatic rings. The van der Waals surface area contributed by atoms with Crippen LogP contribution < -0.4 is 5.73 Å². The summed E-state index contributed by atoms with van der Waals surface area (Å²) in [5, 5.41) is 44.6. The fraction of sp³-hybridized carbons (Fsp3) is 0.571. The molecule has 1 aromatic carbocycles. The molecule has 206 valence electrons. The molecule has 10 nitrogen and oxygen atoms in total. The minimum Gasteiger partial charge on any atom is -0.507 e. The second-order valence-corrected chi connectivity index (χ2v) is 12.1. The highest BCUT2D eigenvalue weighted by Crippen LogP contribution is 2.53. The number of Topliss-reactive ketones (excluding diaryl/α,β-unsaturated/α-hetero) is 3. The SMILES string of the molecule is CN(C)CCC(=O)c1cc(C(C)(C)C)c(O)c2c1C[C@H]1C[C@H]3CC(O)C(C(N)=O)C(=O)[C@@]3(O)C(=O)C1=C2O. The number of hydrogen-bond donors (Lipinski definition) is 5. The minimum absolute atomic E-state index is 0.0441. The van der Waals surface area contributed by atoms with Gasteiger partial charge in [-0.1, -0.05) is 20.8 Å². The average Bonchev–Trinajstić information content (AvgIpc) is 2.78. The molecule has 1 amide bonds. The highest BCUT2D eigenvalue weighted by Gasteiger charge is 2.64. The van der Waals surface area contributed by atoms with Gasteiger partial charge in [0.05, 0.1) is 11.7 Å². The maximum Gasteiger partial charge on any atom is 0.230 e. The van der Waals surface area contributed by atoms with E-state index in [0.29, 0.717) is 23.2 Å². The number of primary amides is 1. The van der Waals surface area contributed by atoms with Crippen LogP contribution in [0.2, 0.25) is 0 Å². The van der Waals surface area contributed by atoms with Crippen molar-refractivity contribution in [1.82, 2.24) is 4.90 Å². The lowest BCUT2D eigenvalue weighted by atomic mass is 9.56. The molecule has 3 aliphatic carbocycles. The number of benzene rings is 1. The first-order chi connectivity index (χ1) is 17.5. The predicted octanol–water partition coefficient (Wildman–Crippen LogP) is 1.02. The molecule has 0 spiro atoms. The Bertz CT molecular complexity index is 1270. The first-order valence-electron chi connectivity index (χ1n) is 12.8. The monoisotopic (exact) mass is 528 g/mol. The van der Waals surface area contributed by atoms with Gasteiger partial charge in [0.15, 0.2) is 17.2 Å². The number of hydrogen-bond acceptors (Lipinski definition) is 9. The fourth-order valence-corrected chi connectivity index (χ4v) is 6.27. The first-order valence-corrected chi connectivity index (χ1v) is 12.8. The number of aliphatic hydroxyl groups excluding tert-OH is 2. The van der Waals surface area contributed by atoms with Gasteiger partial charge in [0.2, 0.25) is 11.7 Å². The molecule has 0 radical (unpaired) electrons. The predicted molar refractivity (Wildman–Crippen MR) is 137 cm³/mol. The Morgan fingerprint density at radius 2 is 1.79 bits per heavy atom. The zero-order valence-electron chi connectivity index (χ0n) is 22.4. The maximum absolute atomic E-state index is 13.7. The van der Waals surface area contributed by atoms with Crippen LogP contribution in [0.25, 0.3) is 5.76 Å². The Kier molecular flexibility index (Phi) is 6.83. The van der Waals surface area contributed by atoms with Crippen LogP contribution in [0.1, 0.15) is 67.1 Å². The van der Waals surface area contributed by atoms with E-state index in [1.54, 1.807) is 6.07 Å². The van der Waals surface area contributed by atoms with Gasteiger partial charge in [-0.25, -0.2) is 0 Å². The van der Waals surface area contributed by atoms with Crippen molar-refractivity contribution in [3.63, 3.8) is 0 Å². The van der Waals surface area contributed by atoms with Gasteiger partial charge < -0.3 is 31.1 Å². The molecule has 2 unspecified atom stereocenters. The molecule has 4 rings (SSSR count). The number of nitrogens with zero attached hydrogens (tertiary/aromatic N) is 1. The number of aromatic hydroxyl groups is 1. The van der Waals surface area contributed by atoms with Gasteiger partial charge in [-0.3, -0.25) is 19.2 Å². The summed E-state index contributed by atoms with van der Waals surface area (Å²) >= 11 is 0. The van der Waals surface area contributed by atoms with E-state index >= 15 is 0 Å². The molecular formula is C28H36N2O8. The van der Waals surface area contributed by atoms with Gasteiger partial charge in [-0.2, -0.15) is 0 Å². The number of fused-ring (bicyclic) bond motifs is 3. The van der Waals surface area contributed by atoms with Crippen LogP contribution in [0.3, 0.4) is 0 Å². The largest absolute Gasteiger partial charge is 0.507 e. The minimum atomic E-state index is -2.64. The molecular weight excluding hydrogens is 492 g/mol. The van der Waals surface area contributed by atoms with Crippen molar-refractivity contribution in [1.29, 1.82) is 0 Å². The number of aliphatic hydroxyl groups is 3. The van der Waals surface area contributed by atoms with Crippen molar-refractivity contribution >= 4 is 29.0 Å². The van der Waals surface area contributed by atoms with Crippen LogP contribution >= 0.6 is 0 Å². The second-order valence-electron chi connectivity index (χ2n) is 12.1. The Labute approximate surface area is 221 Å². The van der Waals surface area contributed by atoms with Crippen LogP contribution in [0, 0.1) is 17.8 Å². The number of phenols is 1. The lowest BCUT2D eigenvalue weighted by molar-refractivity contribution is -0.174. The zero-order valence-corrected chi connectivity index (χ0v) is 22.4. The molecule has 0 saturated heterocycles. The van der Waals surface area contributed by atoms with E-state index < -0.39 is 58.1 Å². The average molecular weight is 529 g/mol. The normalized spacial score (nSPS) is 29.2. The third-order valence-electron chi connectivity index (χ3n) is 8.28. The van der Waals surface area contributed by atoms with Gasteiger partial charge in [-0.15, -0.1) is 0 Å². The first kappa shape index (κ1) is 27.9. The van der Waals surface area contributed by atoms with Crippen molar-refractivity contribution in [2.45, 2.75) is 63.6 Å². The zero-order chi connectivity index (χ0) is 28.5. The Hall–Kier alpha value is -3.08. The highest BCUT2D eigenvalue weighted by molar-refractivity contribution is 6.24. The number of rotatable bonds is 5. The quantitative estimate of drug-likeness (QED) is 0.276. The third kappa shape index (κ3) is 4.15. The summed E-state index contributed by atoms with van der Waals surface area (Å²) < 4.78 is 0. The fourth-order valence-electron chi connectivity index (χ4n) is 6.27. The van der Waals surface area contributed by atoms with Crippen LogP contribution in [0.5, 0.6) is 5.75 Å². The van der Waals surface area contributed by atoms with Crippen LogP contribution in [0.4, 0.5) is 0 Å². The summed E-state index contributed by atoms with van der Waals surface area (Å²) in [6, 6.07) is 1.65. The van der Waals surface area contributed by atoms with E-state index in [1.165, 1.54) is 0 Å². The highest BCUT2D eigenvalue weighted by atomic mass is 16.3. The second kappa shape index (κ2) is 9.29. The summed E-state index contributed by atoms with van der Waals surface area (Å²) in [6.07, 6.45) is -1.30. The maximum atomic E-state index is 13.7. The van der Waals surface area contributed by atoms with Crippen molar-refractivity contribution in [3.05, 3.63) is 33.9 Å². The molecule has 2 fully saturated rings. The smallest absolute Gasteiger partial charge is 0.230 e. The molecule has 6 N–H and O–H groups in total. The standard InChI is InChI=1S/C28H36N2O8/c1-27(2,3)16-11-14(17(31)6-7-30(4)5)15-9-12-8-13-10-18(32)21(26(29)37)25(36)28(13,38)24(35)19(12)23(34)20(15)22(16)33/h11-13,18,21,32-34,38H,6-10H2,1-5H3,(H2,29,37)/t12-,13+,18?,21?,28+/m1/s1. The van der Waals surface area contributed by atoms with Gasteiger partial charge in [0, 0.05) is 35.6 Å². The van der Waals surface area contributed by atoms with Gasteiger partial charge in [-0.05, 0) is 56.3 Å². The number of phenolic OH excluding ortho intramolecular Hbond substituents is 1. The lowest BCUT2D eigenvalue weighted by Crippen LogP contribution is -2.66. The summed E-state index contributed by atoms with van der Waals surface area (Å²) in [5.41, 5.74) is 2.90.